The fourth-order valence-corrected chi connectivity index (χ4v) is 2.15. The summed E-state index contributed by atoms with van der Waals surface area (Å²) >= 11 is 0. The maximum Gasteiger partial charge on any atom is 0.338 e. The highest BCUT2D eigenvalue weighted by Crippen LogP contribution is 2.33. The Labute approximate surface area is 140 Å². The third kappa shape index (κ3) is 4.41. The molecule has 1 aliphatic carbocycles. The van der Waals surface area contributed by atoms with E-state index in [4.69, 9.17) is 9.47 Å². The Morgan fingerprint density at radius 1 is 1.25 bits per heavy atom. The Morgan fingerprint density at radius 2 is 1.92 bits per heavy atom. The number of hydrogen-bond acceptors (Lipinski definition) is 4. The van der Waals surface area contributed by atoms with Crippen molar-refractivity contribution < 1.29 is 23.5 Å². The molecular formula is C19H19FO4. The first-order valence-corrected chi connectivity index (χ1v) is 7.66. The maximum atomic E-state index is 14.1. The van der Waals surface area contributed by atoms with Crippen molar-refractivity contribution in [1.82, 2.24) is 0 Å². The second-order valence-corrected chi connectivity index (χ2v) is 5.51. The maximum absolute atomic E-state index is 14.1. The van der Waals surface area contributed by atoms with Crippen molar-refractivity contribution in [3.63, 3.8) is 0 Å². The van der Waals surface area contributed by atoms with Gasteiger partial charge < -0.3 is 9.47 Å². The zero-order valence-electron chi connectivity index (χ0n) is 13.7. The molecule has 1 aromatic rings. The van der Waals surface area contributed by atoms with E-state index in [1.807, 2.05) is 0 Å². The first-order valence-electron chi connectivity index (χ1n) is 7.66. The van der Waals surface area contributed by atoms with Crippen molar-refractivity contribution in [1.29, 1.82) is 0 Å². The lowest BCUT2D eigenvalue weighted by Gasteiger charge is -2.18. The SMILES string of the molecule is C=C(C)C(=O)Oc1ccc(C2C=CC(OC(=O)CC)=C(F)C2)cc1. The number of ether oxygens (including phenoxy) is 2. The van der Waals surface area contributed by atoms with Crippen LogP contribution in [0.15, 0.2) is 60.2 Å². The minimum absolute atomic E-state index is 0.0230. The lowest BCUT2D eigenvalue weighted by Crippen LogP contribution is -2.09. The van der Waals surface area contributed by atoms with Crippen LogP contribution in [0.3, 0.4) is 0 Å². The van der Waals surface area contributed by atoms with Crippen molar-refractivity contribution in [2.75, 3.05) is 0 Å². The van der Waals surface area contributed by atoms with Crippen LogP contribution in [0.2, 0.25) is 0 Å². The van der Waals surface area contributed by atoms with Gasteiger partial charge in [-0.1, -0.05) is 31.7 Å². The topological polar surface area (TPSA) is 52.6 Å². The fraction of sp³-hybridized carbons (Fsp3) is 0.263. The van der Waals surface area contributed by atoms with Crippen molar-refractivity contribution >= 4 is 11.9 Å². The largest absolute Gasteiger partial charge is 0.424 e. The molecule has 0 amide bonds. The van der Waals surface area contributed by atoms with E-state index in [9.17, 15) is 14.0 Å². The van der Waals surface area contributed by atoms with Crippen LogP contribution >= 0.6 is 0 Å². The summed E-state index contributed by atoms with van der Waals surface area (Å²) in [5.41, 5.74) is 1.19. The van der Waals surface area contributed by atoms with E-state index in [1.165, 1.54) is 6.08 Å². The van der Waals surface area contributed by atoms with E-state index in [0.717, 1.165) is 5.56 Å². The minimum atomic E-state index is -0.489. The summed E-state index contributed by atoms with van der Waals surface area (Å²) in [7, 11) is 0. The smallest absolute Gasteiger partial charge is 0.338 e. The highest BCUT2D eigenvalue weighted by molar-refractivity contribution is 5.88. The van der Waals surface area contributed by atoms with Gasteiger partial charge in [0.1, 0.15) is 11.6 Å². The molecule has 1 aromatic carbocycles. The van der Waals surface area contributed by atoms with Gasteiger partial charge in [-0.15, -0.1) is 0 Å². The normalized spacial score (nSPS) is 16.7. The zero-order valence-corrected chi connectivity index (χ0v) is 13.7. The predicted molar refractivity (Wildman–Crippen MR) is 87.9 cm³/mol. The molecule has 0 N–H and O–H groups in total. The number of carbonyl (C=O) groups is 2. The Kier molecular flexibility index (Phi) is 5.68. The van der Waals surface area contributed by atoms with Crippen LogP contribution in [0.25, 0.3) is 0 Å². The number of esters is 2. The molecule has 1 atom stereocenters. The zero-order chi connectivity index (χ0) is 17.7. The number of rotatable bonds is 5. The van der Waals surface area contributed by atoms with Crippen LogP contribution in [0, 0.1) is 0 Å². The molecule has 0 aliphatic heterocycles. The van der Waals surface area contributed by atoms with Gasteiger partial charge in [0, 0.05) is 24.3 Å². The van der Waals surface area contributed by atoms with E-state index < -0.39 is 17.8 Å². The van der Waals surface area contributed by atoms with Crippen LogP contribution in [0.1, 0.15) is 38.2 Å². The van der Waals surface area contributed by atoms with Crippen LogP contribution in [0.4, 0.5) is 4.39 Å². The standard InChI is InChI=1S/C19H19FO4/c1-4-18(21)24-17-10-7-14(11-16(17)20)13-5-8-15(9-6-13)23-19(22)12(2)3/h5-10,14H,2,4,11H2,1,3H3. The van der Waals surface area contributed by atoms with E-state index in [-0.39, 0.29) is 24.5 Å². The number of allylic oxidation sites excluding steroid dienone is 3. The average Bonchev–Trinajstić information content (AvgIpc) is 2.57. The number of carbonyl (C=O) groups excluding carboxylic acids is 2. The van der Waals surface area contributed by atoms with Gasteiger partial charge >= 0.3 is 11.9 Å². The molecule has 1 unspecified atom stereocenters. The molecule has 2 rings (SSSR count). The van der Waals surface area contributed by atoms with Gasteiger partial charge in [0.25, 0.3) is 0 Å². The molecule has 24 heavy (non-hydrogen) atoms. The molecule has 5 heteroatoms. The minimum Gasteiger partial charge on any atom is -0.424 e. The van der Waals surface area contributed by atoms with Gasteiger partial charge in [-0.05, 0) is 30.7 Å². The van der Waals surface area contributed by atoms with Gasteiger partial charge in [-0.3, -0.25) is 4.79 Å². The molecule has 0 radical (unpaired) electrons. The number of halogens is 1. The molecule has 1 aliphatic rings. The molecule has 0 bridgehead atoms. The van der Waals surface area contributed by atoms with Gasteiger partial charge in [-0.2, -0.15) is 0 Å². The Bertz CT molecular complexity index is 713. The van der Waals surface area contributed by atoms with Crippen LogP contribution in [-0.2, 0) is 14.3 Å². The van der Waals surface area contributed by atoms with Gasteiger partial charge in [0.15, 0.2) is 5.76 Å². The second-order valence-electron chi connectivity index (χ2n) is 5.51. The lowest BCUT2D eigenvalue weighted by molar-refractivity contribution is -0.139. The van der Waals surface area contributed by atoms with E-state index >= 15 is 0 Å². The van der Waals surface area contributed by atoms with Crippen LogP contribution in [0.5, 0.6) is 5.75 Å². The second kappa shape index (κ2) is 7.73. The van der Waals surface area contributed by atoms with E-state index in [1.54, 1.807) is 44.2 Å². The van der Waals surface area contributed by atoms with Gasteiger partial charge in [0.2, 0.25) is 0 Å². The summed E-state index contributed by atoms with van der Waals surface area (Å²) in [5, 5.41) is 0. The number of hydrogen-bond donors (Lipinski definition) is 0. The van der Waals surface area contributed by atoms with Gasteiger partial charge in [0.05, 0.1) is 0 Å². The molecule has 0 spiro atoms. The third-order valence-corrected chi connectivity index (χ3v) is 3.53. The van der Waals surface area contributed by atoms with Crippen molar-refractivity contribution in [3.8, 4) is 5.75 Å². The summed E-state index contributed by atoms with van der Waals surface area (Å²) in [4.78, 5) is 22.7. The highest BCUT2D eigenvalue weighted by Gasteiger charge is 2.20. The van der Waals surface area contributed by atoms with Crippen LogP contribution in [-0.4, -0.2) is 11.9 Å². The molecule has 0 heterocycles. The molecule has 0 fully saturated rings. The van der Waals surface area contributed by atoms with Crippen molar-refractivity contribution in [3.05, 3.63) is 65.7 Å². The molecule has 0 aromatic heterocycles. The molecule has 4 nitrogen and oxygen atoms in total. The van der Waals surface area contributed by atoms with Crippen molar-refractivity contribution in [2.45, 2.75) is 32.6 Å². The molecule has 0 saturated carbocycles. The summed E-state index contributed by atoms with van der Waals surface area (Å²) in [6.45, 7) is 6.74. The first-order chi connectivity index (χ1) is 11.4. The Balaban J connectivity index is 2.04. The molecule has 0 saturated heterocycles. The molecule has 126 valence electrons. The van der Waals surface area contributed by atoms with E-state index in [2.05, 4.69) is 6.58 Å². The Hall–Kier alpha value is -2.69. The van der Waals surface area contributed by atoms with Gasteiger partial charge in [-0.25, -0.2) is 9.18 Å². The monoisotopic (exact) mass is 330 g/mol. The summed E-state index contributed by atoms with van der Waals surface area (Å²) in [6, 6.07) is 6.84. The van der Waals surface area contributed by atoms with Crippen molar-refractivity contribution in [2.24, 2.45) is 0 Å². The summed E-state index contributed by atoms with van der Waals surface area (Å²) in [6.07, 6.45) is 3.58. The summed E-state index contributed by atoms with van der Waals surface area (Å²) in [5.74, 6) is -1.20. The summed E-state index contributed by atoms with van der Waals surface area (Å²) < 4.78 is 24.1. The third-order valence-electron chi connectivity index (χ3n) is 3.53. The first kappa shape index (κ1) is 17.7. The Morgan fingerprint density at radius 3 is 2.46 bits per heavy atom. The number of benzene rings is 1. The molecular weight excluding hydrogens is 311 g/mol. The highest BCUT2D eigenvalue weighted by atomic mass is 19.1. The van der Waals surface area contributed by atoms with E-state index in [0.29, 0.717) is 11.3 Å². The quantitative estimate of drug-likeness (QED) is 0.458. The average molecular weight is 330 g/mol. The van der Waals surface area contributed by atoms with Crippen LogP contribution < -0.4 is 4.74 Å². The fourth-order valence-electron chi connectivity index (χ4n) is 2.15. The predicted octanol–water partition coefficient (Wildman–Crippen LogP) is 4.35. The lowest BCUT2D eigenvalue weighted by atomic mass is 9.91.